The molecule has 1 fully saturated rings. The summed E-state index contributed by atoms with van der Waals surface area (Å²) >= 11 is 0. The van der Waals surface area contributed by atoms with Gasteiger partial charge in [-0.25, -0.2) is 0 Å². The van der Waals surface area contributed by atoms with E-state index in [1.54, 1.807) is 0 Å². The lowest BCUT2D eigenvalue weighted by atomic mass is 9.81. The molecule has 3 rings (SSSR count). The van der Waals surface area contributed by atoms with Crippen LogP contribution in [-0.4, -0.2) is 35.0 Å². The fraction of sp³-hybridized carbons (Fsp3) is 0.529. The van der Waals surface area contributed by atoms with Crippen LogP contribution in [0.3, 0.4) is 0 Å². The maximum Gasteiger partial charge on any atom is 0.306 e. The minimum Gasteiger partial charge on any atom is -0.481 e. The molecule has 2 aliphatic heterocycles. The Bertz CT molecular complexity index is 597. The van der Waals surface area contributed by atoms with Gasteiger partial charge < -0.3 is 9.84 Å². The summed E-state index contributed by atoms with van der Waals surface area (Å²) in [7, 11) is 0. The van der Waals surface area contributed by atoms with Crippen molar-refractivity contribution in [1.82, 2.24) is 0 Å². The van der Waals surface area contributed by atoms with Crippen molar-refractivity contribution in [1.29, 1.82) is 0 Å². The van der Waals surface area contributed by atoms with E-state index in [1.165, 1.54) is 16.7 Å². The van der Waals surface area contributed by atoms with Gasteiger partial charge in [0.15, 0.2) is 0 Å². The van der Waals surface area contributed by atoms with Gasteiger partial charge in [0.1, 0.15) is 5.60 Å². The molecule has 1 saturated heterocycles. The Morgan fingerprint density at radius 2 is 2.33 bits per heavy atom. The lowest BCUT2D eigenvalue weighted by Crippen LogP contribution is -2.47. The first kappa shape index (κ1) is 14.3. The van der Waals surface area contributed by atoms with Gasteiger partial charge in [0, 0.05) is 0 Å². The van der Waals surface area contributed by atoms with Gasteiger partial charge in [-0.2, -0.15) is 0 Å². The molecule has 0 saturated carbocycles. The van der Waals surface area contributed by atoms with Gasteiger partial charge in [-0.3, -0.25) is 9.79 Å². The summed E-state index contributed by atoms with van der Waals surface area (Å²) in [4.78, 5) is 16.2. The van der Waals surface area contributed by atoms with Gasteiger partial charge in [-0.15, -0.1) is 0 Å². The molecule has 0 aromatic rings. The zero-order chi connectivity index (χ0) is 15.0. The summed E-state index contributed by atoms with van der Waals surface area (Å²) in [6.45, 7) is 4.69. The topological polar surface area (TPSA) is 58.9 Å². The van der Waals surface area contributed by atoms with Crippen molar-refractivity contribution in [3.63, 3.8) is 0 Å². The lowest BCUT2D eigenvalue weighted by Gasteiger charge is -2.37. The van der Waals surface area contributed by atoms with Crippen LogP contribution >= 0.6 is 0 Å². The van der Waals surface area contributed by atoms with Crippen LogP contribution in [0.25, 0.3) is 0 Å². The molecule has 0 aromatic carbocycles. The SMILES string of the molecule is CCC1=CC=CC2=C3CCOC(CC)(CC(=O)O)C3=NC12. The molecule has 4 heteroatoms. The number of carbonyl (C=O) groups is 1. The standard InChI is InChI=1S/C17H21NO3/c1-3-11-6-5-7-12-13-8-9-21-17(4-2,10-14(19)20)16(13)18-15(11)12/h5-7,15H,3-4,8-10H2,1-2H3,(H,19,20). The molecule has 0 aromatic heterocycles. The van der Waals surface area contributed by atoms with E-state index in [1.807, 2.05) is 6.92 Å². The second-order valence-corrected chi connectivity index (χ2v) is 5.79. The number of allylic oxidation sites excluding steroid dienone is 2. The predicted molar refractivity (Wildman–Crippen MR) is 81.6 cm³/mol. The Kier molecular flexibility index (Phi) is 3.57. The van der Waals surface area contributed by atoms with Gasteiger partial charge in [-0.05, 0) is 36.0 Å². The maximum absolute atomic E-state index is 11.3. The number of hydrogen-bond donors (Lipinski definition) is 1. The highest BCUT2D eigenvalue weighted by Crippen LogP contribution is 2.42. The van der Waals surface area contributed by atoms with Gasteiger partial charge in [0.2, 0.25) is 0 Å². The maximum atomic E-state index is 11.3. The number of carboxylic acid groups (broad SMARTS) is 1. The van der Waals surface area contributed by atoms with E-state index >= 15 is 0 Å². The Hall–Kier alpha value is -1.68. The zero-order valence-corrected chi connectivity index (χ0v) is 12.6. The van der Waals surface area contributed by atoms with E-state index in [4.69, 9.17) is 9.73 Å². The first-order valence-corrected chi connectivity index (χ1v) is 7.66. The first-order chi connectivity index (χ1) is 10.1. The third-order valence-electron chi connectivity index (χ3n) is 4.70. The third kappa shape index (κ3) is 2.18. The smallest absolute Gasteiger partial charge is 0.306 e. The first-order valence-electron chi connectivity index (χ1n) is 7.66. The van der Waals surface area contributed by atoms with Crippen molar-refractivity contribution >= 4 is 11.7 Å². The number of aliphatic carboxylic acids is 1. The molecule has 0 spiro atoms. The summed E-state index contributed by atoms with van der Waals surface area (Å²) < 4.78 is 5.93. The average molecular weight is 287 g/mol. The quantitative estimate of drug-likeness (QED) is 0.864. The highest BCUT2D eigenvalue weighted by atomic mass is 16.5. The highest BCUT2D eigenvalue weighted by Gasteiger charge is 2.46. The predicted octanol–water partition coefficient (Wildman–Crippen LogP) is 3.06. The Labute approximate surface area is 124 Å². The van der Waals surface area contributed by atoms with E-state index in [9.17, 15) is 9.90 Å². The summed E-state index contributed by atoms with van der Waals surface area (Å²) in [5, 5.41) is 9.26. The number of fused-ring (bicyclic) bond motifs is 2. The number of carboxylic acids is 1. The van der Waals surface area contributed by atoms with E-state index in [0.29, 0.717) is 13.0 Å². The molecule has 112 valence electrons. The van der Waals surface area contributed by atoms with Crippen molar-refractivity contribution in [2.75, 3.05) is 6.61 Å². The summed E-state index contributed by atoms with van der Waals surface area (Å²) in [5.41, 5.74) is 3.88. The number of rotatable bonds is 4. The van der Waals surface area contributed by atoms with Crippen molar-refractivity contribution < 1.29 is 14.6 Å². The van der Waals surface area contributed by atoms with Crippen LogP contribution in [0.2, 0.25) is 0 Å². The summed E-state index contributed by atoms with van der Waals surface area (Å²) in [6.07, 6.45) is 8.74. The normalized spacial score (nSPS) is 30.7. The van der Waals surface area contributed by atoms with Crippen molar-refractivity contribution in [2.24, 2.45) is 4.99 Å². The van der Waals surface area contributed by atoms with Crippen molar-refractivity contribution in [3.8, 4) is 0 Å². The Balaban J connectivity index is 2.07. The molecule has 1 N–H and O–H groups in total. The van der Waals surface area contributed by atoms with E-state index in [-0.39, 0.29) is 12.5 Å². The van der Waals surface area contributed by atoms with Crippen LogP contribution in [0, 0.1) is 0 Å². The Morgan fingerprint density at radius 1 is 1.52 bits per heavy atom. The van der Waals surface area contributed by atoms with Gasteiger partial charge in [-0.1, -0.05) is 32.1 Å². The third-order valence-corrected chi connectivity index (χ3v) is 4.70. The molecule has 0 amide bonds. The van der Waals surface area contributed by atoms with E-state index < -0.39 is 11.6 Å². The van der Waals surface area contributed by atoms with E-state index in [2.05, 4.69) is 25.2 Å². The summed E-state index contributed by atoms with van der Waals surface area (Å²) in [6, 6.07) is 0.0754. The number of hydrogen-bond acceptors (Lipinski definition) is 3. The van der Waals surface area contributed by atoms with Crippen LogP contribution in [0.15, 0.2) is 39.9 Å². The molecular formula is C17H21NO3. The summed E-state index contributed by atoms with van der Waals surface area (Å²) in [5.74, 6) is -0.831. The molecular weight excluding hydrogens is 266 g/mol. The molecule has 2 unspecified atom stereocenters. The minimum atomic E-state index is -0.831. The van der Waals surface area contributed by atoms with Crippen LogP contribution in [0.4, 0.5) is 0 Å². The van der Waals surface area contributed by atoms with Crippen LogP contribution in [-0.2, 0) is 9.53 Å². The van der Waals surface area contributed by atoms with Crippen molar-refractivity contribution in [3.05, 3.63) is 34.9 Å². The fourth-order valence-electron chi connectivity index (χ4n) is 3.58. The van der Waals surface area contributed by atoms with E-state index in [0.717, 1.165) is 18.6 Å². The minimum absolute atomic E-state index is 0.0132. The van der Waals surface area contributed by atoms with Gasteiger partial charge in [0.25, 0.3) is 0 Å². The lowest BCUT2D eigenvalue weighted by molar-refractivity contribution is -0.142. The van der Waals surface area contributed by atoms with Crippen LogP contribution < -0.4 is 0 Å². The molecule has 0 radical (unpaired) electrons. The monoisotopic (exact) mass is 287 g/mol. The zero-order valence-electron chi connectivity index (χ0n) is 12.6. The highest BCUT2D eigenvalue weighted by molar-refractivity contribution is 6.11. The number of aliphatic imine (C=N–C) groups is 1. The number of nitrogens with zero attached hydrogens (tertiary/aromatic N) is 1. The molecule has 0 bridgehead atoms. The Morgan fingerprint density at radius 3 is 3.00 bits per heavy atom. The van der Waals surface area contributed by atoms with Crippen LogP contribution in [0.5, 0.6) is 0 Å². The second kappa shape index (κ2) is 5.26. The molecule has 21 heavy (non-hydrogen) atoms. The molecule has 2 heterocycles. The molecule has 1 aliphatic carbocycles. The molecule has 2 atom stereocenters. The van der Waals surface area contributed by atoms with Gasteiger partial charge >= 0.3 is 5.97 Å². The number of ether oxygens (including phenoxy) is 1. The van der Waals surface area contributed by atoms with Crippen LogP contribution in [0.1, 0.15) is 39.5 Å². The molecule has 3 aliphatic rings. The average Bonchev–Trinajstić information content (AvgIpc) is 2.87. The largest absolute Gasteiger partial charge is 0.481 e. The van der Waals surface area contributed by atoms with Crippen molar-refractivity contribution in [2.45, 2.75) is 51.2 Å². The molecule has 4 nitrogen and oxygen atoms in total. The fourth-order valence-corrected chi connectivity index (χ4v) is 3.58. The second-order valence-electron chi connectivity index (χ2n) is 5.79. The van der Waals surface area contributed by atoms with Gasteiger partial charge in [0.05, 0.1) is 24.8 Å².